The Morgan fingerprint density at radius 2 is 1.94 bits per heavy atom. The summed E-state index contributed by atoms with van der Waals surface area (Å²) in [5, 5.41) is 2.98. The predicted octanol–water partition coefficient (Wildman–Crippen LogP) is 1.17. The number of hydrogen-bond donors (Lipinski definition) is 2. The maximum atomic E-state index is 12.3. The lowest BCUT2D eigenvalue weighted by molar-refractivity contribution is -0.130. The van der Waals surface area contributed by atoms with E-state index in [9.17, 15) is 4.79 Å². The summed E-state index contributed by atoms with van der Waals surface area (Å²) in [5.74, 6) is 1.26. The molecule has 1 heterocycles. The maximum absolute atomic E-state index is 12.3. The van der Waals surface area contributed by atoms with E-state index < -0.39 is 0 Å². The first-order chi connectivity index (χ1) is 8.74. The van der Waals surface area contributed by atoms with Crippen molar-refractivity contribution < 1.29 is 9.53 Å². The molecule has 18 heavy (non-hydrogen) atoms. The van der Waals surface area contributed by atoms with E-state index >= 15 is 0 Å². The van der Waals surface area contributed by atoms with Crippen LogP contribution in [0.3, 0.4) is 0 Å². The quantitative estimate of drug-likeness (QED) is 0.685. The summed E-state index contributed by atoms with van der Waals surface area (Å²) in [6.07, 6.45) is 2.07. The van der Waals surface area contributed by atoms with Crippen LogP contribution >= 0.6 is 12.6 Å². The summed E-state index contributed by atoms with van der Waals surface area (Å²) in [6, 6.07) is -0.0104. The Kier molecular flexibility index (Phi) is 7.70. The molecule has 1 saturated heterocycles. The van der Waals surface area contributed by atoms with E-state index in [1.165, 1.54) is 0 Å². The standard InChI is InChI=1S/C13H26N2O2S/c1-3-11(4-2)12(13(16)14-5-10-18)15-6-8-17-9-7-15/h11-12,18H,3-10H2,1-2H3,(H,14,16). The molecule has 0 radical (unpaired) electrons. The summed E-state index contributed by atoms with van der Waals surface area (Å²) in [5.41, 5.74) is 0. The summed E-state index contributed by atoms with van der Waals surface area (Å²) in [6.45, 7) is 8.14. The molecular weight excluding hydrogens is 248 g/mol. The Bertz CT molecular complexity index is 241. The minimum Gasteiger partial charge on any atom is -0.379 e. The van der Waals surface area contributed by atoms with Gasteiger partial charge in [-0.05, 0) is 5.92 Å². The van der Waals surface area contributed by atoms with Crippen molar-refractivity contribution in [1.29, 1.82) is 0 Å². The molecule has 0 spiro atoms. The van der Waals surface area contributed by atoms with Crippen LogP contribution in [0.5, 0.6) is 0 Å². The number of rotatable bonds is 7. The Hall–Kier alpha value is -0.260. The first kappa shape index (κ1) is 15.8. The van der Waals surface area contributed by atoms with Crippen LogP contribution in [0.4, 0.5) is 0 Å². The maximum Gasteiger partial charge on any atom is 0.237 e. The summed E-state index contributed by atoms with van der Waals surface area (Å²) in [4.78, 5) is 14.6. The van der Waals surface area contributed by atoms with E-state index in [-0.39, 0.29) is 11.9 Å². The Morgan fingerprint density at radius 1 is 1.33 bits per heavy atom. The van der Waals surface area contributed by atoms with Crippen LogP contribution < -0.4 is 5.32 Å². The first-order valence-corrected chi connectivity index (χ1v) is 7.58. The molecule has 1 rings (SSSR count). The summed E-state index contributed by atoms with van der Waals surface area (Å²) in [7, 11) is 0. The van der Waals surface area contributed by atoms with Crippen molar-refractivity contribution >= 4 is 18.5 Å². The molecule has 1 amide bonds. The summed E-state index contributed by atoms with van der Waals surface area (Å²) >= 11 is 4.14. The first-order valence-electron chi connectivity index (χ1n) is 6.94. The van der Waals surface area contributed by atoms with Crippen molar-refractivity contribution in [2.24, 2.45) is 5.92 Å². The third-order valence-corrected chi connectivity index (χ3v) is 3.84. The molecule has 1 unspecified atom stereocenters. The van der Waals surface area contributed by atoms with Gasteiger partial charge in [0.1, 0.15) is 0 Å². The Balaban J connectivity index is 2.69. The van der Waals surface area contributed by atoms with E-state index in [1.807, 2.05) is 0 Å². The lowest BCUT2D eigenvalue weighted by Gasteiger charge is -2.37. The van der Waals surface area contributed by atoms with E-state index in [4.69, 9.17) is 4.74 Å². The second kappa shape index (κ2) is 8.77. The minimum absolute atomic E-state index is 0.0104. The molecule has 4 nitrogen and oxygen atoms in total. The molecule has 106 valence electrons. The second-order valence-electron chi connectivity index (χ2n) is 4.68. The van der Waals surface area contributed by atoms with Gasteiger partial charge in [0.05, 0.1) is 19.3 Å². The van der Waals surface area contributed by atoms with Gasteiger partial charge in [-0.1, -0.05) is 26.7 Å². The van der Waals surface area contributed by atoms with E-state index in [2.05, 4.69) is 36.7 Å². The number of nitrogens with zero attached hydrogens (tertiary/aromatic N) is 1. The molecule has 1 aliphatic heterocycles. The molecule has 0 aromatic carbocycles. The monoisotopic (exact) mass is 274 g/mol. The third kappa shape index (κ3) is 4.44. The number of amides is 1. The highest BCUT2D eigenvalue weighted by Crippen LogP contribution is 2.20. The second-order valence-corrected chi connectivity index (χ2v) is 5.13. The van der Waals surface area contributed by atoms with Gasteiger partial charge >= 0.3 is 0 Å². The van der Waals surface area contributed by atoms with E-state index in [0.29, 0.717) is 18.2 Å². The Labute approximate surface area is 116 Å². The van der Waals surface area contributed by atoms with Gasteiger partial charge in [-0.15, -0.1) is 0 Å². The van der Waals surface area contributed by atoms with Gasteiger partial charge < -0.3 is 10.1 Å². The molecule has 1 aliphatic rings. The van der Waals surface area contributed by atoms with Gasteiger partial charge in [0.25, 0.3) is 0 Å². The molecule has 0 bridgehead atoms. The van der Waals surface area contributed by atoms with Crippen LogP contribution in [-0.4, -0.2) is 55.4 Å². The zero-order valence-corrected chi connectivity index (χ0v) is 12.4. The molecule has 0 saturated carbocycles. The molecule has 0 aromatic rings. The number of hydrogen-bond acceptors (Lipinski definition) is 4. The number of ether oxygens (including phenoxy) is 1. The fourth-order valence-corrected chi connectivity index (χ4v) is 2.66. The van der Waals surface area contributed by atoms with Crippen LogP contribution in [0.15, 0.2) is 0 Å². The summed E-state index contributed by atoms with van der Waals surface area (Å²) < 4.78 is 5.37. The minimum atomic E-state index is -0.0104. The third-order valence-electron chi connectivity index (χ3n) is 3.61. The zero-order valence-electron chi connectivity index (χ0n) is 11.5. The van der Waals surface area contributed by atoms with E-state index in [1.54, 1.807) is 0 Å². The lowest BCUT2D eigenvalue weighted by Crippen LogP contribution is -2.54. The zero-order chi connectivity index (χ0) is 13.4. The van der Waals surface area contributed by atoms with Crippen LogP contribution in [0, 0.1) is 5.92 Å². The fraction of sp³-hybridized carbons (Fsp3) is 0.923. The van der Waals surface area contributed by atoms with Gasteiger partial charge in [0.15, 0.2) is 0 Å². The van der Waals surface area contributed by atoms with Gasteiger partial charge in [-0.25, -0.2) is 0 Å². The highest BCUT2D eigenvalue weighted by Gasteiger charge is 2.32. The lowest BCUT2D eigenvalue weighted by atomic mass is 9.92. The molecule has 0 aliphatic carbocycles. The topological polar surface area (TPSA) is 41.6 Å². The molecular formula is C13H26N2O2S. The number of nitrogens with one attached hydrogen (secondary N) is 1. The largest absolute Gasteiger partial charge is 0.379 e. The van der Waals surface area contributed by atoms with Crippen molar-refractivity contribution in [2.45, 2.75) is 32.7 Å². The van der Waals surface area contributed by atoms with Crippen molar-refractivity contribution in [1.82, 2.24) is 10.2 Å². The van der Waals surface area contributed by atoms with E-state index in [0.717, 1.165) is 39.1 Å². The fourth-order valence-electron chi connectivity index (χ4n) is 2.55. The van der Waals surface area contributed by atoms with Gasteiger partial charge in [-0.3, -0.25) is 9.69 Å². The van der Waals surface area contributed by atoms with Gasteiger partial charge in [-0.2, -0.15) is 12.6 Å². The van der Waals surface area contributed by atoms with Crippen LogP contribution in [0.1, 0.15) is 26.7 Å². The number of morpholine rings is 1. The van der Waals surface area contributed by atoms with Crippen molar-refractivity contribution in [3.63, 3.8) is 0 Å². The molecule has 1 N–H and O–H groups in total. The van der Waals surface area contributed by atoms with Crippen LogP contribution in [0.25, 0.3) is 0 Å². The molecule has 5 heteroatoms. The predicted molar refractivity (Wildman–Crippen MR) is 77.1 cm³/mol. The highest BCUT2D eigenvalue weighted by atomic mass is 32.1. The number of carbonyl (C=O) groups excluding carboxylic acids is 1. The van der Waals surface area contributed by atoms with Crippen LogP contribution in [-0.2, 0) is 9.53 Å². The molecule has 1 atom stereocenters. The van der Waals surface area contributed by atoms with Gasteiger partial charge in [0, 0.05) is 25.4 Å². The van der Waals surface area contributed by atoms with Crippen molar-refractivity contribution in [2.75, 3.05) is 38.6 Å². The smallest absolute Gasteiger partial charge is 0.237 e. The Morgan fingerprint density at radius 3 is 2.44 bits per heavy atom. The molecule has 1 fully saturated rings. The van der Waals surface area contributed by atoms with Crippen molar-refractivity contribution in [3.05, 3.63) is 0 Å². The number of thiol groups is 1. The average Bonchev–Trinajstić information content (AvgIpc) is 2.43. The van der Waals surface area contributed by atoms with Crippen molar-refractivity contribution in [3.8, 4) is 0 Å². The van der Waals surface area contributed by atoms with Crippen LogP contribution in [0.2, 0.25) is 0 Å². The van der Waals surface area contributed by atoms with Gasteiger partial charge in [0.2, 0.25) is 5.91 Å². The average molecular weight is 274 g/mol. The SMILES string of the molecule is CCC(CC)C(C(=O)NCCS)N1CCOCC1. The highest BCUT2D eigenvalue weighted by molar-refractivity contribution is 7.80. The molecule has 0 aromatic heterocycles. The normalized spacial score (nSPS) is 18.9. The number of carbonyl (C=O) groups is 1.